The molecule has 0 fully saturated rings. The zero-order chi connectivity index (χ0) is 25.1. The molecule has 1 rings (SSSR count). The molecule has 0 saturated heterocycles. The Bertz CT molecular complexity index is 1210. The molecule has 0 aromatic heterocycles. The van der Waals surface area contributed by atoms with E-state index in [0.717, 1.165) is 12.5 Å². The first-order valence-electron chi connectivity index (χ1n) is 8.94. The molecule has 0 bridgehead atoms. The van der Waals surface area contributed by atoms with Gasteiger partial charge in [0.2, 0.25) is 10.0 Å². The van der Waals surface area contributed by atoms with Crippen LogP contribution in [0.4, 0.5) is 0 Å². The van der Waals surface area contributed by atoms with Crippen molar-refractivity contribution in [1.29, 1.82) is 0 Å². The first kappa shape index (κ1) is 28.9. The van der Waals surface area contributed by atoms with Crippen molar-refractivity contribution in [3.05, 3.63) is 29.8 Å². The minimum Gasteiger partial charge on any atom is -0.264 e. The molecule has 0 aliphatic heterocycles. The minimum absolute atomic E-state index is 0.144. The third-order valence-corrected chi connectivity index (χ3v) is 7.22. The van der Waals surface area contributed by atoms with Gasteiger partial charge in [-0.25, -0.2) is 13.1 Å². The van der Waals surface area contributed by atoms with Crippen LogP contribution in [0.1, 0.15) is 19.4 Å². The van der Waals surface area contributed by atoms with Crippen LogP contribution in [0.15, 0.2) is 29.2 Å². The van der Waals surface area contributed by atoms with Gasteiger partial charge in [-0.3, -0.25) is 12.5 Å². The van der Waals surface area contributed by atoms with Crippen molar-refractivity contribution in [2.24, 2.45) is 0 Å². The Morgan fingerprint density at radius 1 is 0.688 bits per heavy atom. The highest BCUT2D eigenvalue weighted by molar-refractivity contribution is 7.89. The van der Waals surface area contributed by atoms with E-state index in [1.165, 1.54) is 19.1 Å². The second-order valence-electron chi connectivity index (χ2n) is 7.26. The van der Waals surface area contributed by atoms with Crippen molar-refractivity contribution >= 4 is 40.4 Å². The van der Waals surface area contributed by atoms with Crippen molar-refractivity contribution in [2.75, 3.05) is 18.8 Å². The van der Waals surface area contributed by atoms with Gasteiger partial charge in [-0.05, 0) is 32.9 Å². The summed E-state index contributed by atoms with van der Waals surface area (Å²) >= 11 is 0. The summed E-state index contributed by atoms with van der Waals surface area (Å²) in [6.07, 6.45) is -3.26. The van der Waals surface area contributed by atoms with Crippen LogP contribution in [0.2, 0.25) is 0 Å². The van der Waals surface area contributed by atoms with Crippen LogP contribution in [0, 0.1) is 6.92 Å². The number of hydrogen-bond acceptors (Lipinski definition) is 11. The maximum atomic E-state index is 12.7. The summed E-state index contributed by atoms with van der Waals surface area (Å²) < 4.78 is 112. The van der Waals surface area contributed by atoms with Crippen molar-refractivity contribution in [3.63, 3.8) is 0 Å². The Morgan fingerprint density at radius 3 is 1.50 bits per heavy atom. The maximum Gasteiger partial charge on any atom is 0.264 e. The second-order valence-corrected chi connectivity index (χ2v) is 13.8. The van der Waals surface area contributed by atoms with E-state index in [9.17, 15) is 33.7 Å². The van der Waals surface area contributed by atoms with E-state index in [2.05, 4.69) is 4.72 Å². The van der Waals surface area contributed by atoms with Crippen LogP contribution in [-0.2, 0) is 52.9 Å². The molecule has 16 heteroatoms. The molecule has 0 amide bonds. The molecule has 1 aromatic rings. The molecule has 4 atom stereocenters. The molecule has 32 heavy (non-hydrogen) atoms. The summed E-state index contributed by atoms with van der Waals surface area (Å²) in [7, 11) is -16.9. The molecular weight excluding hydrogens is 510 g/mol. The fraction of sp³-hybridized carbons (Fsp3) is 0.625. The SMILES string of the molecule is Cc1ccc(S(=O)(=O)N[C@H](C)[C@@H](OS(C)(=O)=O)[C@H](OS(C)(=O)=O)[C@@H](C)OS(C)(=O)=O)cc1. The quantitative estimate of drug-likeness (QED) is 0.347. The maximum absolute atomic E-state index is 12.7. The Hall–Kier alpha value is -1.14. The Balaban J connectivity index is 3.43. The van der Waals surface area contributed by atoms with E-state index < -0.39 is 64.7 Å². The summed E-state index contributed by atoms with van der Waals surface area (Å²) in [5.74, 6) is 0. The standard InChI is InChI=1S/C16H27NO11S4/c1-11-7-9-14(10-8-11)32(24,25)17-12(2)15(27-30(5,20)21)16(28-31(6,22)23)13(3)26-29(4,18)19/h7-10,12-13,15-17H,1-6H3/t12-,13-,15-,16-/m1/s1. The Labute approximate surface area is 189 Å². The van der Waals surface area contributed by atoms with Crippen molar-refractivity contribution < 1.29 is 46.2 Å². The molecule has 0 aliphatic carbocycles. The number of benzene rings is 1. The van der Waals surface area contributed by atoms with Gasteiger partial charge in [0.1, 0.15) is 18.3 Å². The lowest BCUT2D eigenvalue weighted by atomic mass is 10.0. The van der Waals surface area contributed by atoms with Gasteiger partial charge in [0.25, 0.3) is 30.4 Å². The lowest BCUT2D eigenvalue weighted by Gasteiger charge is -2.33. The molecule has 1 N–H and O–H groups in total. The zero-order valence-corrected chi connectivity index (χ0v) is 21.5. The summed E-state index contributed by atoms with van der Waals surface area (Å²) in [6.45, 7) is 4.06. The Morgan fingerprint density at radius 2 is 1.09 bits per heavy atom. The van der Waals surface area contributed by atoms with Crippen LogP contribution < -0.4 is 4.72 Å². The van der Waals surface area contributed by atoms with E-state index in [1.54, 1.807) is 19.1 Å². The van der Waals surface area contributed by atoms with Gasteiger partial charge >= 0.3 is 0 Å². The van der Waals surface area contributed by atoms with Crippen LogP contribution in [0.5, 0.6) is 0 Å². The van der Waals surface area contributed by atoms with Crippen LogP contribution in [0.25, 0.3) is 0 Å². The molecule has 0 heterocycles. The highest BCUT2D eigenvalue weighted by Crippen LogP contribution is 2.22. The largest absolute Gasteiger partial charge is 0.264 e. The molecule has 0 unspecified atom stereocenters. The lowest BCUT2D eigenvalue weighted by molar-refractivity contribution is -0.0155. The summed E-state index contributed by atoms with van der Waals surface area (Å²) in [4.78, 5) is -0.144. The molecule has 12 nitrogen and oxygen atoms in total. The molecule has 186 valence electrons. The normalized spacial score (nSPS) is 17.4. The highest BCUT2D eigenvalue weighted by atomic mass is 32.2. The molecule has 0 spiro atoms. The first-order valence-corrected chi connectivity index (χ1v) is 15.9. The summed E-state index contributed by atoms with van der Waals surface area (Å²) in [5.41, 5.74) is 0.795. The van der Waals surface area contributed by atoms with Gasteiger partial charge in [-0.15, -0.1) is 0 Å². The van der Waals surface area contributed by atoms with Gasteiger partial charge in [-0.1, -0.05) is 17.7 Å². The van der Waals surface area contributed by atoms with Crippen molar-refractivity contribution in [3.8, 4) is 0 Å². The topological polar surface area (TPSA) is 176 Å². The fourth-order valence-corrected chi connectivity index (χ4v) is 5.92. The van der Waals surface area contributed by atoms with Gasteiger partial charge < -0.3 is 0 Å². The van der Waals surface area contributed by atoms with E-state index in [1.807, 2.05) is 0 Å². The summed E-state index contributed by atoms with van der Waals surface area (Å²) in [6, 6.07) is 4.31. The average Bonchev–Trinajstić information content (AvgIpc) is 2.54. The van der Waals surface area contributed by atoms with Gasteiger partial charge in [0.05, 0.1) is 23.7 Å². The molecule has 0 saturated carbocycles. The monoisotopic (exact) mass is 537 g/mol. The predicted octanol–water partition coefficient (Wildman–Crippen LogP) is -0.284. The van der Waals surface area contributed by atoms with E-state index in [-0.39, 0.29) is 4.90 Å². The summed E-state index contributed by atoms with van der Waals surface area (Å²) in [5, 5.41) is 0. The van der Waals surface area contributed by atoms with Crippen LogP contribution in [-0.4, -0.2) is 76.8 Å². The molecule has 1 aromatic carbocycles. The number of rotatable bonds is 12. The van der Waals surface area contributed by atoms with Gasteiger partial charge in [0.15, 0.2) is 0 Å². The number of aryl methyl sites for hydroxylation is 1. The fourth-order valence-electron chi connectivity index (χ4n) is 2.65. The van der Waals surface area contributed by atoms with Crippen LogP contribution in [0.3, 0.4) is 0 Å². The lowest BCUT2D eigenvalue weighted by Crippen LogP contribution is -2.54. The average molecular weight is 538 g/mol. The van der Waals surface area contributed by atoms with Crippen molar-refractivity contribution in [1.82, 2.24) is 4.72 Å². The number of hydrogen-bond donors (Lipinski definition) is 1. The number of nitrogens with one attached hydrogen (secondary N) is 1. The Kier molecular flexibility index (Phi) is 9.41. The molecular formula is C16H27NO11S4. The molecule has 0 aliphatic rings. The third kappa shape index (κ3) is 10.2. The van der Waals surface area contributed by atoms with Crippen molar-refractivity contribution in [2.45, 2.75) is 50.0 Å². The second kappa shape index (κ2) is 10.4. The van der Waals surface area contributed by atoms with E-state index in [0.29, 0.717) is 18.8 Å². The predicted molar refractivity (Wildman–Crippen MR) is 116 cm³/mol. The van der Waals surface area contributed by atoms with Gasteiger partial charge in [0, 0.05) is 6.04 Å². The van der Waals surface area contributed by atoms with Crippen LogP contribution >= 0.6 is 0 Å². The zero-order valence-electron chi connectivity index (χ0n) is 18.2. The first-order chi connectivity index (χ1) is 14.2. The van der Waals surface area contributed by atoms with E-state index >= 15 is 0 Å². The van der Waals surface area contributed by atoms with Gasteiger partial charge in [-0.2, -0.15) is 25.3 Å². The highest BCUT2D eigenvalue weighted by Gasteiger charge is 2.41. The third-order valence-electron chi connectivity index (χ3n) is 3.85. The number of sulfonamides is 1. The molecule has 0 radical (unpaired) electrons. The minimum atomic E-state index is -4.29. The van der Waals surface area contributed by atoms with E-state index in [4.69, 9.17) is 12.5 Å². The smallest absolute Gasteiger partial charge is 0.264 e.